The number of amides is 1. The van der Waals surface area contributed by atoms with E-state index in [1.807, 2.05) is 11.6 Å². The van der Waals surface area contributed by atoms with Crippen LogP contribution < -0.4 is 5.32 Å². The molecule has 2 aliphatic rings. The van der Waals surface area contributed by atoms with E-state index in [1.165, 1.54) is 0 Å². The fraction of sp³-hybridized carbons (Fsp3) is 0.750. The van der Waals surface area contributed by atoms with Crippen molar-refractivity contribution in [3.63, 3.8) is 0 Å². The van der Waals surface area contributed by atoms with Crippen LogP contribution in [0, 0.1) is 18.8 Å². The normalized spacial score (nSPS) is 26.2. The van der Waals surface area contributed by atoms with E-state index in [4.69, 9.17) is 0 Å². The molecule has 1 aromatic heterocycles. The van der Waals surface area contributed by atoms with Gasteiger partial charge < -0.3 is 10.2 Å². The molecule has 1 aromatic rings. The Morgan fingerprint density at radius 2 is 1.96 bits per heavy atom. The van der Waals surface area contributed by atoms with Crippen molar-refractivity contribution in [3.05, 3.63) is 11.9 Å². The molecule has 0 radical (unpaired) electrons. The summed E-state index contributed by atoms with van der Waals surface area (Å²) >= 11 is 0. The molecule has 1 saturated heterocycles. The summed E-state index contributed by atoms with van der Waals surface area (Å²) in [5, 5.41) is 7.00. The van der Waals surface area contributed by atoms with Crippen molar-refractivity contribution in [2.75, 3.05) is 25.5 Å². The molecule has 0 aromatic carbocycles. The molecular weight excluding hydrogens is 321 g/mol. The van der Waals surface area contributed by atoms with Crippen LogP contribution in [0.3, 0.4) is 0 Å². The molecule has 1 amide bonds. The monoisotopic (exact) mass is 344 g/mol. The lowest BCUT2D eigenvalue weighted by Gasteiger charge is -2.20. The van der Waals surface area contributed by atoms with Crippen LogP contribution in [0.15, 0.2) is 6.20 Å². The summed E-state index contributed by atoms with van der Waals surface area (Å²) in [6, 6.07) is 0.330. The van der Waals surface area contributed by atoms with Crippen LogP contribution >= 0.6 is 0 Å². The third-order valence-corrected chi connectivity index (χ3v) is 5.23. The molecule has 2 heterocycles. The number of anilines is 1. The van der Waals surface area contributed by atoms with Crippen molar-refractivity contribution in [1.29, 1.82) is 0 Å². The quantitative estimate of drug-likeness (QED) is 0.917. The summed E-state index contributed by atoms with van der Waals surface area (Å²) in [5.74, 6) is -3.27. The zero-order chi connectivity index (χ0) is 17.5. The second kappa shape index (κ2) is 6.38. The molecule has 0 spiro atoms. The smallest absolute Gasteiger partial charge is 0.323 e. The molecule has 1 saturated carbocycles. The number of alkyl halides is 3. The highest BCUT2D eigenvalue weighted by atomic mass is 19.4. The lowest BCUT2D eigenvalue weighted by Crippen LogP contribution is -2.36. The number of hydrogen-bond acceptors (Lipinski definition) is 3. The highest BCUT2D eigenvalue weighted by Gasteiger charge is 2.51. The zero-order valence-electron chi connectivity index (χ0n) is 13.9. The minimum Gasteiger partial charge on any atom is -0.323 e. The average Bonchev–Trinajstić information content (AvgIpc) is 3.19. The number of carbonyl (C=O) groups excluding carboxylic acids is 1. The summed E-state index contributed by atoms with van der Waals surface area (Å²) < 4.78 is 41.3. The van der Waals surface area contributed by atoms with Crippen molar-refractivity contribution in [3.8, 4) is 0 Å². The fourth-order valence-corrected chi connectivity index (χ4v) is 3.89. The van der Waals surface area contributed by atoms with E-state index in [-0.39, 0.29) is 13.1 Å². The van der Waals surface area contributed by atoms with E-state index in [2.05, 4.69) is 10.4 Å². The molecule has 2 fully saturated rings. The Balaban J connectivity index is 1.72. The number of halogens is 3. The summed E-state index contributed by atoms with van der Waals surface area (Å²) in [6.07, 6.45) is 1.61. The first-order valence-corrected chi connectivity index (χ1v) is 8.37. The van der Waals surface area contributed by atoms with Gasteiger partial charge in [-0.05, 0) is 26.8 Å². The Kier molecular flexibility index (Phi) is 4.59. The number of nitrogens with zero attached hydrogens (tertiary/aromatic N) is 3. The molecule has 0 bridgehead atoms. The third-order valence-electron chi connectivity index (χ3n) is 5.23. The summed E-state index contributed by atoms with van der Waals surface area (Å²) in [7, 11) is 1.61. The van der Waals surface area contributed by atoms with Crippen molar-refractivity contribution in [2.24, 2.45) is 11.8 Å². The Hall–Kier alpha value is -1.57. The molecule has 1 aliphatic carbocycles. The van der Waals surface area contributed by atoms with Gasteiger partial charge in [0.15, 0.2) is 0 Å². The van der Waals surface area contributed by atoms with Crippen molar-refractivity contribution in [2.45, 2.75) is 44.8 Å². The van der Waals surface area contributed by atoms with Crippen LogP contribution in [-0.2, 0) is 4.79 Å². The molecule has 2 atom stereocenters. The lowest BCUT2D eigenvalue weighted by molar-refractivity contribution is -0.182. The second-order valence-corrected chi connectivity index (χ2v) is 6.99. The van der Waals surface area contributed by atoms with E-state index in [1.54, 1.807) is 18.1 Å². The predicted molar refractivity (Wildman–Crippen MR) is 83.6 cm³/mol. The molecule has 24 heavy (non-hydrogen) atoms. The van der Waals surface area contributed by atoms with Gasteiger partial charge >= 0.3 is 6.18 Å². The predicted octanol–water partition coefficient (Wildman–Crippen LogP) is 2.99. The maximum Gasteiger partial charge on any atom is 0.393 e. The van der Waals surface area contributed by atoms with Crippen LogP contribution in [0.1, 0.15) is 37.4 Å². The lowest BCUT2D eigenvalue weighted by atomic mass is 9.94. The van der Waals surface area contributed by atoms with E-state index in [9.17, 15) is 18.0 Å². The Morgan fingerprint density at radius 3 is 2.58 bits per heavy atom. The highest BCUT2D eigenvalue weighted by Crippen LogP contribution is 2.38. The molecule has 1 N–H and O–H groups in total. The van der Waals surface area contributed by atoms with Gasteiger partial charge in [-0.25, -0.2) is 0 Å². The van der Waals surface area contributed by atoms with Crippen molar-refractivity contribution >= 4 is 11.6 Å². The molecule has 134 valence electrons. The van der Waals surface area contributed by atoms with Gasteiger partial charge in [-0.1, -0.05) is 12.8 Å². The van der Waals surface area contributed by atoms with E-state index >= 15 is 0 Å². The van der Waals surface area contributed by atoms with Gasteiger partial charge in [0.2, 0.25) is 5.91 Å². The minimum absolute atomic E-state index is 0.117. The first kappa shape index (κ1) is 17.3. The standard InChI is InChI=1S/C16H23F3N4O/c1-10-14(7-20-23(10)11-5-3-4-6-11)21-15(24)12-8-22(2)9-13(12)16(17,18)19/h7,11-13H,3-6,8-9H2,1-2H3,(H,21,24)/t12-,13-/m1/s1. The number of rotatable bonds is 3. The highest BCUT2D eigenvalue weighted by molar-refractivity contribution is 5.93. The van der Waals surface area contributed by atoms with Crippen LogP contribution in [0.5, 0.6) is 0 Å². The largest absolute Gasteiger partial charge is 0.393 e. The third kappa shape index (κ3) is 3.29. The van der Waals surface area contributed by atoms with Gasteiger partial charge in [0.1, 0.15) is 0 Å². The molecule has 1 aliphatic heterocycles. The molecule has 3 rings (SSSR count). The number of nitrogens with one attached hydrogen (secondary N) is 1. The first-order chi connectivity index (χ1) is 11.3. The van der Waals surface area contributed by atoms with E-state index in [0.29, 0.717) is 11.7 Å². The minimum atomic E-state index is -4.37. The maximum absolute atomic E-state index is 13.1. The molecule has 0 unspecified atom stereocenters. The van der Waals surface area contributed by atoms with Gasteiger partial charge in [0, 0.05) is 13.1 Å². The Morgan fingerprint density at radius 1 is 1.29 bits per heavy atom. The number of carbonyl (C=O) groups is 1. The van der Waals surface area contributed by atoms with Gasteiger partial charge in [-0.2, -0.15) is 18.3 Å². The Bertz CT molecular complexity index is 607. The molecule has 8 heteroatoms. The zero-order valence-corrected chi connectivity index (χ0v) is 13.9. The van der Waals surface area contributed by atoms with E-state index in [0.717, 1.165) is 31.4 Å². The van der Waals surface area contributed by atoms with Crippen molar-refractivity contribution < 1.29 is 18.0 Å². The number of likely N-dealkylation sites (tertiary alicyclic amines) is 1. The van der Waals surface area contributed by atoms with E-state index < -0.39 is 23.9 Å². The van der Waals surface area contributed by atoms with Crippen LogP contribution in [-0.4, -0.2) is 46.9 Å². The van der Waals surface area contributed by atoms with Crippen LogP contribution in [0.2, 0.25) is 0 Å². The summed E-state index contributed by atoms with van der Waals surface area (Å²) in [4.78, 5) is 14.0. The first-order valence-electron chi connectivity index (χ1n) is 8.37. The van der Waals surface area contributed by atoms with Gasteiger partial charge in [0.25, 0.3) is 0 Å². The molecular formula is C16H23F3N4O. The van der Waals surface area contributed by atoms with Crippen LogP contribution in [0.4, 0.5) is 18.9 Å². The number of aromatic nitrogens is 2. The Labute approximate surface area is 139 Å². The van der Waals surface area contributed by atoms with Gasteiger partial charge in [-0.3, -0.25) is 9.48 Å². The SMILES string of the molecule is Cc1c(NC(=O)[C@@H]2CN(C)C[C@H]2C(F)(F)F)cnn1C1CCCC1. The molecule has 5 nitrogen and oxygen atoms in total. The second-order valence-electron chi connectivity index (χ2n) is 6.99. The topological polar surface area (TPSA) is 50.2 Å². The van der Waals surface area contributed by atoms with Crippen LogP contribution in [0.25, 0.3) is 0 Å². The summed E-state index contributed by atoms with van der Waals surface area (Å²) in [5.41, 5.74) is 1.33. The summed E-state index contributed by atoms with van der Waals surface area (Å²) in [6.45, 7) is 1.83. The van der Waals surface area contributed by atoms with Crippen molar-refractivity contribution in [1.82, 2.24) is 14.7 Å². The average molecular weight is 344 g/mol. The number of hydrogen-bond donors (Lipinski definition) is 1. The van der Waals surface area contributed by atoms with Gasteiger partial charge in [0.05, 0.1) is 35.5 Å². The van der Waals surface area contributed by atoms with Gasteiger partial charge in [-0.15, -0.1) is 0 Å². The maximum atomic E-state index is 13.1. The fourth-order valence-electron chi connectivity index (χ4n) is 3.89.